The molecule has 0 saturated carbocycles. The molecule has 13 heteroatoms. The highest BCUT2D eigenvalue weighted by molar-refractivity contribution is 7.92. The fourth-order valence-electron chi connectivity index (χ4n) is 4.76. The maximum Gasteiger partial charge on any atom is 0.263 e. The Morgan fingerprint density at radius 1 is 0.837 bits per heavy atom. The molecule has 0 aliphatic carbocycles. The molecule has 12 nitrogen and oxygen atoms in total. The molecule has 0 atom stereocenters. The third-order valence-electron chi connectivity index (χ3n) is 7.02. The van der Waals surface area contributed by atoms with Crippen molar-refractivity contribution in [3.8, 4) is 11.5 Å². The van der Waals surface area contributed by atoms with Crippen molar-refractivity contribution < 1.29 is 22.7 Å². The minimum atomic E-state index is -4.13. The van der Waals surface area contributed by atoms with Crippen LogP contribution in [-0.2, 0) is 14.8 Å². The molecule has 1 aromatic heterocycles. The average molecular weight is 606 g/mol. The van der Waals surface area contributed by atoms with E-state index in [1.54, 1.807) is 48.5 Å². The quantitative estimate of drug-likeness (QED) is 0.245. The summed E-state index contributed by atoms with van der Waals surface area (Å²) in [7, 11) is 1.02. The minimum Gasteiger partial charge on any atom is -0.497 e. The normalized spacial score (nSPS) is 14.6. The van der Waals surface area contributed by atoms with Gasteiger partial charge in [0, 0.05) is 42.7 Å². The van der Waals surface area contributed by atoms with E-state index >= 15 is 0 Å². The van der Waals surface area contributed by atoms with Crippen molar-refractivity contribution in [2.24, 2.45) is 0 Å². The van der Waals surface area contributed by atoms with Crippen molar-refractivity contribution in [2.45, 2.75) is 11.3 Å². The van der Waals surface area contributed by atoms with Gasteiger partial charge in [0.15, 0.2) is 11.6 Å². The van der Waals surface area contributed by atoms with Gasteiger partial charge < -0.3 is 25.0 Å². The smallest absolute Gasteiger partial charge is 0.263 e. The van der Waals surface area contributed by atoms with E-state index in [9.17, 15) is 13.2 Å². The van der Waals surface area contributed by atoms with Crippen molar-refractivity contribution in [1.29, 1.82) is 0 Å². The minimum absolute atomic E-state index is 0.000979. The van der Waals surface area contributed by atoms with Crippen molar-refractivity contribution in [2.75, 3.05) is 69.3 Å². The summed E-state index contributed by atoms with van der Waals surface area (Å²) in [6, 6.07) is 18.5. The highest BCUT2D eigenvalue weighted by Gasteiger charge is 2.21. The molecule has 1 amide bonds. The van der Waals surface area contributed by atoms with E-state index in [0.29, 0.717) is 33.9 Å². The number of carbonyl (C=O) groups is 1. The summed E-state index contributed by atoms with van der Waals surface area (Å²) in [5, 5.41) is 5.98. The number of rotatable bonds is 10. The lowest BCUT2D eigenvalue weighted by molar-refractivity contribution is -0.117. The van der Waals surface area contributed by atoms with Crippen molar-refractivity contribution in [3.63, 3.8) is 0 Å². The number of methoxy groups -OCH3 is 2. The lowest BCUT2D eigenvalue weighted by Gasteiger charge is -2.19. The summed E-state index contributed by atoms with van der Waals surface area (Å²) in [5.74, 6) is 1.07. The number of fused-ring (bicyclic) bond motifs is 1. The van der Waals surface area contributed by atoms with Crippen LogP contribution in [0.3, 0.4) is 0 Å². The molecule has 3 N–H and O–H groups in total. The zero-order valence-electron chi connectivity index (χ0n) is 24.3. The van der Waals surface area contributed by atoms with Gasteiger partial charge in [0.05, 0.1) is 36.7 Å². The topological polar surface area (TPSA) is 138 Å². The molecule has 43 heavy (non-hydrogen) atoms. The fraction of sp³-hybridized carbons (Fsp3) is 0.300. The third-order valence-corrected chi connectivity index (χ3v) is 8.36. The Hall–Kier alpha value is -4.46. The Morgan fingerprint density at radius 3 is 2.23 bits per heavy atom. The number of para-hydroxylation sites is 2. The monoisotopic (exact) mass is 605 g/mol. The summed E-state index contributed by atoms with van der Waals surface area (Å²) in [5.41, 5.74) is 2.02. The second kappa shape index (κ2) is 13.2. The number of anilines is 4. The van der Waals surface area contributed by atoms with Gasteiger partial charge in [-0.15, -0.1) is 0 Å². The van der Waals surface area contributed by atoms with Crippen LogP contribution in [0, 0.1) is 0 Å². The number of aromatic nitrogens is 2. The Morgan fingerprint density at radius 2 is 1.53 bits per heavy atom. The number of benzene rings is 3. The summed E-state index contributed by atoms with van der Waals surface area (Å²) < 4.78 is 40.5. The summed E-state index contributed by atoms with van der Waals surface area (Å²) >= 11 is 0. The lowest BCUT2D eigenvalue weighted by Crippen LogP contribution is -2.35. The second-order valence-electron chi connectivity index (χ2n) is 10.3. The van der Waals surface area contributed by atoms with Gasteiger partial charge in [-0.2, -0.15) is 0 Å². The van der Waals surface area contributed by atoms with Gasteiger partial charge in [0.25, 0.3) is 10.0 Å². The van der Waals surface area contributed by atoms with Crippen LogP contribution in [0.15, 0.2) is 71.6 Å². The molecule has 0 unspecified atom stereocenters. The summed E-state index contributed by atoms with van der Waals surface area (Å²) in [6.07, 6.45) is 0.989. The van der Waals surface area contributed by atoms with Crippen molar-refractivity contribution in [3.05, 3.63) is 66.7 Å². The number of nitrogens with one attached hydrogen (secondary N) is 3. The number of ether oxygens (including phenoxy) is 2. The molecule has 2 heterocycles. The highest BCUT2D eigenvalue weighted by atomic mass is 32.2. The van der Waals surface area contributed by atoms with E-state index in [4.69, 9.17) is 9.47 Å². The van der Waals surface area contributed by atoms with Crippen LogP contribution in [0.4, 0.5) is 23.0 Å². The lowest BCUT2D eigenvalue weighted by atomic mass is 10.2. The zero-order valence-corrected chi connectivity index (χ0v) is 25.1. The third kappa shape index (κ3) is 7.69. The van der Waals surface area contributed by atoms with E-state index in [0.717, 1.165) is 32.6 Å². The first-order chi connectivity index (χ1) is 20.7. The molecule has 226 valence electrons. The number of amides is 1. The number of carbonyl (C=O) groups excluding carboxylic acids is 1. The standard InChI is InChI=1S/C30H35N7O5S/c1-36-12-7-13-37(15-14-36)20-28(38)31-21-8-6-9-25(18-21)43(39,40)35-30-29(33-26-10-4-5-11-27(26)34-30)32-22-16-23(41-2)19-24(17-22)42-3/h4-6,8-11,16-19H,7,12-15,20H2,1-3H3,(H,31,38)(H,32,33)(H,34,35). The number of sulfonamides is 1. The van der Waals surface area contributed by atoms with E-state index in [-0.39, 0.29) is 29.0 Å². The molecule has 0 radical (unpaired) electrons. The molecule has 4 aromatic rings. The Kier molecular flexibility index (Phi) is 9.24. The average Bonchev–Trinajstić information content (AvgIpc) is 3.20. The summed E-state index contributed by atoms with van der Waals surface area (Å²) in [4.78, 5) is 26.3. The largest absolute Gasteiger partial charge is 0.497 e. The Balaban J connectivity index is 1.38. The first kappa shape index (κ1) is 30.0. The predicted molar refractivity (Wildman–Crippen MR) is 167 cm³/mol. The van der Waals surface area contributed by atoms with Crippen LogP contribution >= 0.6 is 0 Å². The maximum absolute atomic E-state index is 13.6. The predicted octanol–water partition coefficient (Wildman–Crippen LogP) is 3.77. The molecule has 1 aliphatic heterocycles. The first-order valence-corrected chi connectivity index (χ1v) is 15.3. The number of nitrogens with zero attached hydrogens (tertiary/aromatic N) is 4. The van der Waals surface area contributed by atoms with Gasteiger partial charge in [0.2, 0.25) is 5.91 Å². The van der Waals surface area contributed by atoms with Crippen LogP contribution < -0.4 is 24.8 Å². The van der Waals surface area contributed by atoms with Crippen LogP contribution in [0.1, 0.15) is 6.42 Å². The van der Waals surface area contributed by atoms with Gasteiger partial charge >= 0.3 is 0 Å². The Bertz CT molecular complexity index is 1690. The van der Waals surface area contributed by atoms with Gasteiger partial charge in [0.1, 0.15) is 11.5 Å². The van der Waals surface area contributed by atoms with Crippen molar-refractivity contribution in [1.82, 2.24) is 19.8 Å². The molecule has 5 rings (SSSR count). The fourth-order valence-corrected chi connectivity index (χ4v) is 5.82. The number of hydrogen-bond donors (Lipinski definition) is 3. The second-order valence-corrected chi connectivity index (χ2v) is 11.9. The first-order valence-electron chi connectivity index (χ1n) is 13.8. The Labute approximate surface area is 251 Å². The molecular weight excluding hydrogens is 570 g/mol. The van der Waals surface area contributed by atoms with E-state index in [1.165, 1.54) is 26.4 Å². The van der Waals surface area contributed by atoms with E-state index in [1.807, 2.05) is 6.07 Å². The molecular formula is C30H35N7O5S. The SMILES string of the molecule is COc1cc(Nc2nc3ccccc3nc2NS(=O)(=O)c2cccc(NC(=O)CN3CCCN(C)CC3)c2)cc(OC)c1. The highest BCUT2D eigenvalue weighted by Crippen LogP contribution is 2.31. The van der Waals surface area contributed by atoms with Crippen LogP contribution in [0.25, 0.3) is 11.0 Å². The van der Waals surface area contributed by atoms with Gasteiger partial charge in [-0.1, -0.05) is 18.2 Å². The zero-order chi connectivity index (χ0) is 30.4. The molecule has 1 saturated heterocycles. The number of hydrogen-bond acceptors (Lipinski definition) is 10. The maximum atomic E-state index is 13.6. The van der Waals surface area contributed by atoms with E-state index < -0.39 is 10.0 Å². The summed E-state index contributed by atoms with van der Waals surface area (Å²) in [6.45, 7) is 3.76. The number of likely N-dealkylation sites (N-methyl/N-ethyl adjacent to an activating group) is 1. The molecule has 1 aliphatic rings. The van der Waals surface area contributed by atoms with E-state index in [2.05, 4.69) is 42.2 Å². The van der Waals surface area contributed by atoms with Gasteiger partial charge in [-0.05, 0) is 56.9 Å². The molecule has 0 spiro atoms. The van der Waals surface area contributed by atoms with Crippen molar-refractivity contribution >= 4 is 50.0 Å². The van der Waals surface area contributed by atoms with Gasteiger partial charge in [-0.25, -0.2) is 18.4 Å². The van der Waals surface area contributed by atoms with Crippen LogP contribution in [0.2, 0.25) is 0 Å². The van der Waals surface area contributed by atoms with Crippen LogP contribution in [0.5, 0.6) is 11.5 Å². The van der Waals surface area contributed by atoms with Gasteiger partial charge in [-0.3, -0.25) is 14.4 Å². The molecule has 3 aromatic carbocycles. The molecule has 0 bridgehead atoms. The van der Waals surface area contributed by atoms with Crippen LogP contribution in [-0.4, -0.2) is 88.1 Å². The molecule has 1 fully saturated rings.